The van der Waals surface area contributed by atoms with Gasteiger partial charge in [0.1, 0.15) is 0 Å². The first kappa shape index (κ1) is 21.2. The number of amides is 3. The molecule has 3 aromatic rings. The molecule has 5 rings (SSSR count). The van der Waals surface area contributed by atoms with Crippen molar-refractivity contribution in [2.24, 2.45) is 0 Å². The molecule has 0 saturated heterocycles. The lowest BCUT2D eigenvalue weighted by Gasteiger charge is -2.16. The standard InChI is InChI=1S/C25H18N2O7/c1-14-4-2-3-5-19(14)27-23(29)17-8-6-15(10-18(17)24(27)30)25(31)32-12-22(28)26-16-7-9-20-21(11-16)34-13-33-20/h2-11H,12-13H2,1H3,(H,26,28). The number of nitrogens with one attached hydrogen (secondary N) is 1. The average Bonchev–Trinajstić information content (AvgIpc) is 3.40. The first-order chi connectivity index (χ1) is 16.4. The minimum atomic E-state index is -0.793. The van der Waals surface area contributed by atoms with Crippen molar-refractivity contribution in [1.82, 2.24) is 0 Å². The molecule has 0 atom stereocenters. The van der Waals surface area contributed by atoms with Crippen LogP contribution in [0.15, 0.2) is 60.7 Å². The molecule has 0 unspecified atom stereocenters. The quantitative estimate of drug-likeness (QED) is 0.461. The van der Waals surface area contributed by atoms with Crippen molar-refractivity contribution in [1.29, 1.82) is 0 Å². The van der Waals surface area contributed by atoms with Gasteiger partial charge < -0.3 is 19.5 Å². The molecular weight excluding hydrogens is 440 g/mol. The number of para-hydroxylation sites is 1. The fourth-order valence-corrected chi connectivity index (χ4v) is 3.79. The number of esters is 1. The number of anilines is 2. The zero-order valence-corrected chi connectivity index (χ0v) is 18.0. The van der Waals surface area contributed by atoms with Crippen LogP contribution < -0.4 is 19.7 Å². The Balaban J connectivity index is 1.26. The fraction of sp³-hybridized carbons (Fsp3) is 0.120. The third-order valence-electron chi connectivity index (χ3n) is 5.47. The number of imide groups is 1. The summed E-state index contributed by atoms with van der Waals surface area (Å²) in [6, 6.07) is 16.1. The molecule has 2 aliphatic heterocycles. The van der Waals surface area contributed by atoms with Crippen molar-refractivity contribution in [2.45, 2.75) is 6.92 Å². The maximum atomic E-state index is 13.0. The Morgan fingerprint density at radius 1 is 0.941 bits per heavy atom. The molecule has 2 aliphatic rings. The molecule has 0 radical (unpaired) electrons. The normalized spacial score (nSPS) is 13.6. The van der Waals surface area contributed by atoms with E-state index < -0.39 is 30.3 Å². The van der Waals surface area contributed by atoms with Crippen molar-refractivity contribution in [2.75, 3.05) is 23.6 Å². The summed E-state index contributed by atoms with van der Waals surface area (Å²) in [7, 11) is 0. The molecule has 9 heteroatoms. The summed E-state index contributed by atoms with van der Waals surface area (Å²) in [6.45, 7) is 1.38. The number of carbonyl (C=O) groups is 4. The highest BCUT2D eigenvalue weighted by atomic mass is 16.7. The lowest BCUT2D eigenvalue weighted by Crippen LogP contribution is -2.29. The Morgan fingerprint density at radius 3 is 2.53 bits per heavy atom. The molecule has 0 aliphatic carbocycles. The van der Waals surface area contributed by atoms with E-state index in [1.54, 1.807) is 43.3 Å². The van der Waals surface area contributed by atoms with Gasteiger partial charge in [0.25, 0.3) is 17.7 Å². The third kappa shape index (κ3) is 3.73. The Hall–Kier alpha value is -4.66. The molecule has 0 saturated carbocycles. The third-order valence-corrected chi connectivity index (χ3v) is 5.47. The van der Waals surface area contributed by atoms with Crippen molar-refractivity contribution in [3.05, 3.63) is 82.9 Å². The van der Waals surface area contributed by atoms with Gasteiger partial charge in [-0.3, -0.25) is 14.4 Å². The molecule has 0 aromatic heterocycles. The molecule has 1 N–H and O–H groups in total. The number of fused-ring (bicyclic) bond motifs is 2. The Labute approximate surface area is 193 Å². The molecule has 2 heterocycles. The molecule has 3 amide bonds. The summed E-state index contributed by atoms with van der Waals surface area (Å²) in [4.78, 5) is 51.6. The second kappa shape index (κ2) is 8.36. The second-order valence-corrected chi connectivity index (χ2v) is 7.68. The van der Waals surface area contributed by atoms with E-state index in [4.69, 9.17) is 14.2 Å². The summed E-state index contributed by atoms with van der Waals surface area (Å²) < 4.78 is 15.6. The Bertz CT molecular complexity index is 1370. The van der Waals surface area contributed by atoms with E-state index in [9.17, 15) is 19.2 Å². The number of rotatable bonds is 5. The minimum Gasteiger partial charge on any atom is -0.454 e. The Morgan fingerprint density at radius 2 is 1.71 bits per heavy atom. The molecule has 3 aromatic carbocycles. The molecule has 170 valence electrons. The van der Waals surface area contributed by atoms with Gasteiger partial charge in [0.05, 0.1) is 22.4 Å². The van der Waals surface area contributed by atoms with E-state index in [1.165, 1.54) is 18.2 Å². The average molecular weight is 458 g/mol. The van der Waals surface area contributed by atoms with Gasteiger partial charge in [-0.2, -0.15) is 0 Å². The highest BCUT2D eigenvalue weighted by molar-refractivity contribution is 6.35. The van der Waals surface area contributed by atoms with Gasteiger partial charge in [-0.25, -0.2) is 9.69 Å². The maximum Gasteiger partial charge on any atom is 0.338 e. The van der Waals surface area contributed by atoms with Crippen molar-refractivity contribution < 1.29 is 33.4 Å². The van der Waals surface area contributed by atoms with Gasteiger partial charge in [-0.05, 0) is 48.9 Å². The molecule has 0 spiro atoms. The van der Waals surface area contributed by atoms with Crippen LogP contribution in [-0.2, 0) is 9.53 Å². The zero-order valence-electron chi connectivity index (χ0n) is 18.0. The van der Waals surface area contributed by atoms with E-state index in [1.807, 2.05) is 6.07 Å². The van der Waals surface area contributed by atoms with Gasteiger partial charge in [-0.15, -0.1) is 0 Å². The lowest BCUT2D eigenvalue weighted by atomic mass is 10.1. The topological polar surface area (TPSA) is 111 Å². The van der Waals surface area contributed by atoms with Crippen LogP contribution in [-0.4, -0.2) is 37.1 Å². The van der Waals surface area contributed by atoms with E-state index >= 15 is 0 Å². The minimum absolute atomic E-state index is 0.0578. The number of hydrogen-bond acceptors (Lipinski definition) is 7. The van der Waals surface area contributed by atoms with Crippen LogP contribution in [0.1, 0.15) is 36.6 Å². The summed E-state index contributed by atoms with van der Waals surface area (Å²) in [5, 5.41) is 2.61. The van der Waals surface area contributed by atoms with Crippen LogP contribution in [0.5, 0.6) is 11.5 Å². The van der Waals surface area contributed by atoms with Gasteiger partial charge in [-0.1, -0.05) is 18.2 Å². The van der Waals surface area contributed by atoms with E-state index in [0.717, 1.165) is 10.5 Å². The number of benzene rings is 3. The summed E-state index contributed by atoms with van der Waals surface area (Å²) in [5.74, 6) is -1.24. The summed E-state index contributed by atoms with van der Waals surface area (Å²) >= 11 is 0. The van der Waals surface area contributed by atoms with Crippen LogP contribution in [0, 0.1) is 6.92 Å². The second-order valence-electron chi connectivity index (χ2n) is 7.68. The van der Waals surface area contributed by atoms with Crippen LogP contribution >= 0.6 is 0 Å². The molecule has 0 bridgehead atoms. The molecule has 0 fully saturated rings. The number of ether oxygens (including phenoxy) is 3. The first-order valence-corrected chi connectivity index (χ1v) is 10.4. The van der Waals surface area contributed by atoms with Crippen molar-refractivity contribution >= 4 is 35.1 Å². The SMILES string of the molecule is Cc1ccccc1N1C(=O)c2ccc(C(=O)OCC(=O)Nc3ccc4c(c3)OCO4)cc2C1=O. The van der Waals surface area contributed by atoms with Gasteiger partial charge in [0, 0.05) is 11.8 Å². The maximum absolute atomic E-state index is 13.0. The highest BCUT2D eigenvalue weighted by Gasteiger charge is 2.37. The predicted molar refractivity (Wildman–Crippen MR) is 120 cm³/mol. The number of carbonyl (C=O) groups excluding carboxylic acids is 4. The highest BCUT2D eigenvalue weighted by Crippen LogP contribution is 2.34. The molecule has 9 nitrogen and oxygen atoms in total. The van der Waals surface area contributed by atoms with Gasteiger partial charge >= 0.3 is 5.97 Å². The zero-order chi connectivity index (χ0) is 23.8. The monoisotopic (exact) mass is 458 g/mol. The largest absolute Gasteiger partial charge is 0.454 e. The fourth-order valence-electron chi connectivity index (χ4n) is 3.79. The van der Waals surface area contributed by atoms with E-state index in [-0.39, 0.29) is 23.5 Å². The first-order valence-electron chi connectivity index (χ1n) is 10.4. The molecule has 34 heavy (non-hydrogen) atoms. The number of nitrogens with zero attached hydrogens (tertiary/aromatic N) is 1. The van der Waals surface area contributed by atoms with Gasteiger partial charge in [0.15, 0.2) is 18.1 Å². The lowest BCUT2D eigenvalue weighted by molar-refractivity contribution is -0.119. The van der Waals surface area contributed by atoms with E-state index in [0.29, 0.717) is 22.9 Å². The van der Waals surface area contributed by atoms with E-state index in [2.05, 4.69) is 5.32 Å². The summed E-state index contributed by atoms with van der Waals surface area (Å²) in [5.41, 5.74) is 2.08. The van der Waals surface area contributed by atoms with Crippen molar-refractivity contribution in [3.8, 4) is 11.5 Å². The van der Waals surface area contributed by atoms with Gasteiger partial charge in [0.2, 0.25) is 6.79 Å². The predicted octanol–water partition coefficient (Wildman–Crippen LogP) is 3.32. The Kier molecular flexibility index (Phi) is 5.21. The van der Waals surface area contributed by atoms with Crippen LogP contribution in [0.25, 0.3) is 0 Å². The summed E-state index contributed by atoms with van der Waals surface area (Å²) in [6.07, 6.45) is 0. The number of hydrogen-bond donors (Lipinski definition) is 1. The number of aryl methyl sites for hydroxylation is 1. The van der Waals surface area contributed by atoms with Crippen LogP contribution in [0.4, 0.5) is 11.4 Å². The smallest absolute Gasteiger partial charge is 0.338 e. The van der Waals surface area contributed by atoms with Crippen LogP contribution in [0.3, 0.4) is 0 Å². The molecular formula is C25H18N2O7. The van der Waals surface area contributed by atoms with Crippen molar-refractivity contribution in [3.63, 3.8) is 0 Å². The van der Waals surface area contributed by atoms with Crippen LogP contribution in [0.2, 0.25) is 0 Å².